The number of rotatable bonds is 18. The van der Waals surface area contributed by atoms with E-state index in [1.807, 2.05) is 243 Å². The molecule has 704 valence electrons. The zero-order valence-electron chi connectivity index (χ0n) is 80.4. The van der Waals surface area contributed by atoms with Crippen molar-refractivity contribution in [3.05, 3.63) is 402 Å². The lowest BCUT2D eigenvalue weighted by Gasteiger charge is -2.33. The van der Waals surface area contributed by atoms with E-state index in [0.717, 1.165) is 98.9 Å². The average Bonchev–Trinajstić information content (AvgIpc) is 1.61. The highest BCUT2D eigenvalue weighted by Crippen LogP contribution is 2.48. The van der Waals surface area contributed by atoms with Gasteiger partial charge in [0.1, 0.15) is 28.9 Å². The van der Waals surface area contributed by atoms with Crippen LogP contribution in [0.5, 0.6) is 0 Å². The second-order valence-corrected chi connectivity index (χ2v) is 36.8. The average molecular weight is 1860 g/mol. The number of aliphatic hydroxyl groups is 4. The summed E-state index contributed by atoms with van der Waals surface area (Å²) in [5.41, 5.74) is 17.0. The minimum Gasteiger partial charge on any atom is -0.507 e. The number of piperazine rings is 1. The SMILES string of the molecule is Cc1ccc(C(O)=C2C(=O)C(=O)N(c3ccc(C(C)C)nn3)C2c2ccc(C(C)C)cc2)cc1.Cc1ccc(C(O)=C2C(=O)C(=O)N(c3ccc(C)cn3)C2c2ccc(C(C)C)cc2)cc1.Cc1ccc(C(O)=C2C(=O)C(=O)N(c3ccc(C)nn3)C2c2ccc(-c3ccccc3)cc2)cc1.Cc1ccc(C(O)=C2C(=O)C(=O)N(c3ccc(N4CCN(C)CC4)nn3)C2c2ccc(C(C)C)cc2)cc1. The van der Waals surface area contributed by atoms with Gasteiger partial charge in [-0.25, -0.2) is 4.98 Å². The van der Waals surface area contributed by atoms with Crippen LogP contribution >= 0.6 is 0 Å². The second-order valence-electron chi connectivity index (χ2n) is 36.8. The first-order valence-electron chi connectivity index (χ1n) is 46.5. The minimum absolute atomic E-state index is 0.0219. The maximum absolute atomic E-state index is 13.4. The molecule has 9 aromatic carbocycles. The number of benzene rings is 9. The molecule has 0 radical (unpaired) electrons. The number of aliphatic hydroxyl groups excluding tert-OH is 4. The van der Waals surface area contributed by atoms with Gasteiger partial charge in [0.25, 0.3) is 23.1 Å². The standard InChI is InChI=1S/C30H33N5O3.C29H23N3O3.C28H29N3O3.C27H26N2O3/c1-19(2)21-9-11-22(12-10-21)27-26(28(36)23-7-5-20(3)6-8-23)29(37)30(38)35(27)25-14-13-24(31-32-25)34-17-15-33(4)16-18-34;1-18-8-11-23(12-9-18)27(33)25-26(22-15-13-21(14-16-22)20-6-4-3-5-7-20)32(29(35)28(25)34)24-17-10-19(2)30-31-24;1-16(2)19-10-12-20(13-11-19)25-24(26(32)21-8-6-18(5)7-9-21)27(33)28(34)31(25)23-15-14-22(17(3)4)29-30-23;1-16(2)19-10-12-20(13-11-19)24-23(25(30)21-8-5-17(3)6-9-21)26(31)27(32)29(24)22-14-7-18(4)15-28-22/h5-14,19,27,36H,15-18H2,1-4H3;3-17,26,33H,1-2H3;6-17,25,32H,1-5H3;5-16,24,30H,1-4H3. The van der Waals surface area contributed by atoms with Gasteiger partial charge >= 0.3 is 23.6 Å². The van der Waals surface area contributed by atoms with Gasteiger partial charge in [-0.15, -0.1) is 20.4 Å². The molecule has 0 spiro atoms. The number of pyridine rings is 1. The first-order chi connectivity index (χ1) is 66.6. The Balaban J connectivity index is 0.000000141. The molecule has 5 saturated heterocycles. The number of amides is 4. The Labute approximate surface area is 809 Å². The van der Waals surface area contributed by atoms with Crippen LogP contribution in [0.3, 0.4) is 0 Å². The van der Waals surface area contributed by atoms with E-state index in [0.29, 0.717) is 68.2 Å². The van der Waals surface area contributed by atoms with Crippen molar-refractivity contribution in [2.45, 2.75) is 145 Å². The lowest BCUT2D eigenvalue weighted by Crippen LogP contribution is -2.44. The number of Topliss-reactive ketones (excluding diaryl/α,β-unsaturated/α-hetero) is 4. The topological polar surface area (TPSA) is 327 Å². The molecule has 9 heterocycles. The number of carbonyl (C=O) groups excluding carboxylic acids is 8. The van der Waals surface area contributed by atoms with Gasteiger partial charge in [-0.3, -0.25) is 58.0 Å². The number of hydrogen-bond acceptors (Lipinski definition) is 21. The van der Waals surface area contributed by atoms with Gasteiger partial charge in [0.15, 0.2) is 23.3 Å². The van der Waals surface area contributed by atoms with E-state index in [1.165, 1.54) is 19.6 Å². The molecular formula is C114H111N13O12. The summed E-state index contributed by atoms with van der Waals surface area (Å²) in [7, 11) is 2.09. The van der Waals surface area contributed by atoms with E-state index in [9.17, 15) is 58.8 Å². The molecule has 4 amide bonds. The second kappa shape index (κ2) is 42.0. The fourth-order valence-electron chi connectivity index (χ4n) is 17.2. The molecule has 18 rings (SSSR count). The van der Waals surface area contributed by atoms with E-state index in [-0.39, 0.29) is 68.7 Å². The third-order valence-corrected chi connectivity index (χ3v) is 25.6. The van der Waals surface area contributed by atoms with Crippen LogP contribution < -0.4 is 24.5 Å². The third-order valence-electron chi connectivity index (χ3n) is 25.6. The summed E-state index contributed by atoms with van der Waals surface area (Å²) in [4.78, 5) is 120. The first kappa shape index (κ1) is 97.4. The molecule has 13 aromatic rings. The highest BCUT2D eigenvalue weighted by Gasteiger charge is 2.52. The molecule has 139 heavy (non-hydrogen) atoms. The van der Waals surface area contributed by atoms with Crippen molar-refractivity contribution in [2.75, 3.05) is 57.7 Å². The maximum atomic E-state index is 13.4. The molecule has 25 heteroatoms. The Morgan fingerprint density at radius 2 is 0.561 bits per heavy atom. The Bertz CT molecular complexity index is 6880. The van der Waals surface area contributed by atoms with Crippen molar-refractivity contribution in [1.82, 2.24) is 40.5 Å². The maximum Gasteiger partial charge on any atom is 0.301 e. The van der Waals surface area contributed by atoms with Crippen LogP contribution in [0.15, 0.2) is 301 Å². The Morgan fingerprint density at radius 1 is 0.281 bits per heavy atom. The van der Waals surface area contributed by atoms with Crippen LogP contribution in [0.1, 0.15) is 204 Å². The molecule has 4 unspecified atom stereocenters. The van der Waals surface area contributed by atoms with Crippen molar-refractivity contribution in [3.8, 4) is 11.1 Å². The lowest BCUT2D eigenvalue weighted by molar-refractivity contribution is -0.132. The smallest absolute Gasteiger partial charge is 0.301 e. The van der Waals surface area contributed by atoms with E-state index in [2.05, 4.69) is 94.0 Å². The zero-order chi connectivity index (χ0) is 99.1. The minimum atomic E-state index is -0.849. The fourth-order valence-corrected chi connectivity index (χ4v) is 17.2. The summed E-state index contributed by atoms with van der Waals surface area (Å²) in [6.45, 7) is 31.7. The molecule has 4 atom stereocenters. The van der Waals surface area contributed by atoms with Gasteiger partial charge in [0.2, 0.25) is 0 Å². The number of aryl methyl sites for hydroxylation is 6. The van der Waals surface area contributed by atoms with Gasteiger partial charge in [-0.05, 0) is 170 Å². The van der Waals surface area contributed by atoms with Gasteiger partial charge in [0, 0.05) is 54.6 Å². The molecule has 5 aliphatic rings. The van der Waals surface area contributed by atoms with Gasteiger partial charge < -0.3 is 30.2 Å². The predicted molar refractivity (Wildman–Crippen MR) is 541 cm³/mol. The number of hydrogen-bond donors (Lipinski definition) is 4. The molecule has 25 nitrogen and oxygen atoms in total. The quantitative estimate of drug-likeness (QED) is 0.0352. The molecule has 0 aliphatic carbocycles. The number of anilines is 5. The van der Waals surface area contributed by atoms with Crippen LogP contribution in [0, 0.1) is 41.5 Å². The van der Waals surface area contributed by atoms with Gasteiger partial charge in [0.05, 0.1) is 57.8 Å². The van der Waals surface area contributed by atoms with Crippen molar-refractivity contribution in [3.63, 3.8) is 0 Å². The molecule has 0 bridgehead atoms. The van der Waals surface area contributed by atoms with E-state index < -0.39 is 70.9 Å². The first-order valence-corrected chi connectivity index (χ1v) is 46.5. The zero-order valence-corrected chi connectivity index (χ0v) is 80.4. The number of carbonyl (C=O) groups is 8. The van der Waals surface area contributed by atoms with Gasteiger partial charge in [-0.1, -0.05) is 308 Å². The van der Waals surface area contributed by atoms with Gasteiger partial charge in [-0.2, -0.15) is 10.2 Å². The largest absolute Gasteiger partial charge is 0.507 e. The fraction of sp³-hybridized carbons (Fsp3) is 0.237. The molecule has 5 fully saturated rings. The molecule has 5 aliphatic heterocycles. The van der Waals surface area contributed by atoms with Crippen LogP contribution in [0.4, 0.5) is 29.1 Å². The number of likely N-dealkylation sites (N-methyl/N-ethyl adjacent to an activating group) is 1. The molecular weight excluding hydrogens is 1740 g/mol. The summed E-state index contributed by atoms with van der Waals surface area (Å²) in [5, 5.41) is 70.4. The Morgan fingerprint density at radius 3 is 0.849 bits per heavy atom. The Kier molecular flexibility index (Phi) is 29.4. The Hall–Kier alpha value is -16.2. The van der Waals surface area contributed by atoms with Crippen molar-refractivity contribution in [1.29, 1.82) is 0 Å². The summed E-state index contributed by atoms with van der Waals surface area (Å²) < 4.78 is 0. The lowest BCUT2D eigenvalue weighted by atomic mass is 9.93. The van der Waals surface area contributed by atoms with Crippen molar-refractivity contribution < 1.29 is 58.8 Å². The molecule has 4 aromatic heterocycles. The van der Waals surface area contributed by atoms with Crippen molar-refractivity contribution >= 4 is 98.9 Å². The molecule has 4 N–H and O–H groups in total. The van der Waals surface area contributed by atoms with Crippen LogP contribution in [0.25, 0.3) is 34.2 Å². The molecule has 0 saturated carbocycles. The van der Waals surface area contributed by atoms with Crippen LogP contribution in [-0.4, -0.2) is 141 Å². The number of ketones is 4. The van der Waals surface area contributed by atoms with E-state index in [1.54, 1.807) is 92.0 Å². The third kappa shape index (κ3) is 20.8. The number of aromatic nitrogens is 7. The highest BCUT2D eigenvalue weighted by molar-refractivity contribution is 6.54. The van der Waals surface area contributed by atoms with E-state index >= 15 is 0 Å². The van der Waals surface area contributed by atoms with Crippen LogP contribution in [0.2, 0.25) is 0 Å². The van der Waals surface area contributed by atoms with Crippen LogP contribution in [-0.2, 0) is 38.4 Å². The summed E-state index contributed by atoms with van der Waals surface area (Å²) in [5.74, 6) is -3.63. The van der Waals surface area contributed by atoms with E-state index in [4.69, 9.17) is 0 Å². The van der Waals surface area contributed by atoms with Crippen molar-refractivity contribution in [2.24, 2.45) is 0 Å². The summed E-state index contributed by atoms with van der Waals surface area (Å²) in [6.07, 6.45) is 1.66. The highest BCUT2D eigenvalue weighted by atomic mass is 16.3. The predicted octanol–water partition coefficient (Wildman–Crippen LogP) is 20.8. The normalized spacial score (nSPS) is 18.2. The number of nitrogens with zero attached hydrogens (tertiary/aromatic N) is 13. The summed E-state index contributed by atoms with van der Waals surface area (Å²) in [6, 6.07) is 80.5. The monoisotopic (exact) mass is 1850 g/mol. The summed E-state index contributed by atoms with van der Waals surface area (Å²) >= 11 is 0.